The van der Waals surface area contributed by atoms with Crippen molar-refractivity contribution < 1.29 is 4.79 Å². The van der Waals surface area contributed by atoms with Gasteiger partial charge in [0.2, 0.25) is 0 Å². The Bertz CT molecular complexity index is 932. The van der Waals surface area contributed by atoms with Gasteiger partial charge >= 0.3 is 0 Å². The van der Waals surface area contributed by atoms with Gasteiger partial charge < -0.3 is 10.6 Å². The Morgan fingerprint density at radius 2 is 1.88 bits per heavy atom. The summed E-state index contributed by atoms with van der Waals surface area (Å²) in [5, 5.41) is 11.0. The first-order valence-electron chi connectivity index (χ1n) is 8.23. The molecule has 0 aliphatic carbocycles. The molecular weight excluding hydrogens is 314 g/mol. The van der Waals surface area contributed by atoms with E-state index in [0.29, 0.717) is 17.9 Å². The van der Waals surface area contributed by atoms with E-state index in [1.807, 2.05) is 36.7 Å². The lowest BCUT2D eigenvalue weighted by molar-refractivity contribution is 0.0935. The van der Waals surface area contributed by atoms with E-state index in [4.69, 9.17) is 0 Å². The van der Waals surface area contributed by atoms with Crippen LogP contribution in [0.15, 0.2) is 48.7 Å². The number of carbonyl (C=O) groups is 1. The number of carbonyl (C=O) groups excluding carboxylic acids is 1. The van der Waals surface area contributed by atoms with E-state index in [0.717, 1.165) is 17.0 Å². The molecule has 0 saturated carbocycles. The van der Waals surface area contributed by atoms with E-state index >= 15 is 0 Å². The maximum atomic E-state index is 12.4. The molecule has 0 bridgehead atoms. The van der Waals surface area contributed by atoms with Crippen LogP contribution in [0.2, 0.25) is 0 Å². The molecular formula is C19H19N5O. The second-order valence-electron chi connectivity index (χ2n) is 6.18. The zero-order valence-electron chi connectivity index (χ0n) is 14.2. The molecule has 0 radical (unpaired) electrons. The van der Waals surface area contributed by atoms with E-state index in [-0.39, 0.29) is 12.1 Å². The fourth-order valence-electron chi connectivity index (χ4n) is 3.27. The molecule has 0 unspecified atom stereocenters. The molecule has 0 saturated heterocycles. The lowest BCUT2D eigenvalue weighted by Gasteiger charge is -2.27. The number of aryl methyl sites for hydroxylation is 1. The normalized spacial score (nSPS) is 16.1. The fourth-order valence-corrected chi connectivity index (χ4v) is 3.27. The number of benzene rings is 1. The Kier molecular flexibility index (Phi) is 3.72. The first kappa shape index (κ1) is 15.4. The summed E-state index contributed by atoms with van der Waals surface area (Å²) in [6.07, 6.45) is 1.35. The van der Waals surface area contributed by atoms with Crippen molar-refractivity contribution in [3.05, 3.63) is 76.7 Å². The van der Waals surface area contributed by atoms with Gasteiger partial charge in [0.15, 0.2) is 0 Å². The highest BCUT2D eigenvalue weighted by Gasteiger charge is 2.29. The molecule has 1 atom stereocenters. The monoisotopic (exact) mass is 333 g/mol. The molecule has 1 aliphatic rings. The number of fused-ring (bicyclic) bond motifs is 1. The predicted molar refractivity (Wildman–Crippen MR) is 95.3 cm³/mol. The largest absolute Gasteiger partial charge is 0.345 e. The third kappa shape index (κ3) is 2.76. The minimum Gasteiger partial charge on any atom is -0.345 e. The highest BCUT2D eigenvalue weighted by atomic mass is 16.2. The number of hydrogen-bond donors (Lipinski definition) is 2. The van der Waals surface area contributed by atoms with Crippen LogP contribution in [-0.2, 0) is 6.54 Å². The number of anilines is 1. The lowest BCUT2D eigenvalue weighted by atomic mass is 10.1. The number of rotatable bonds is 3. The lowest BCUT2D eigenvalue weighted by Crippen LogP contribution is -2.39. The number of hydrogen-bond acceptors (Lipinski definition) is 4. The second-order valence-corrected chi connectivity index (χ2v) is 6.18. The molecule has 3 aromatic rings. The topological polar surface area (TPSA) is 71.8 Å². The summed E-state index contributed by atoms with van der Waals surface area (Å²) in [6, 6.07) is 13.7. The van der Waals surface area contributed by atoms with Crippen molar-refractivity contribution in [3.8, 4) is 0 Å². The number of pyridine rings is 1. The Hall–Kier alpha value is -3.15. The smallest absolute Gasteiger partial charge is 0.256 e. The minimum atomic E-state index is -0.334. The van der Waals surface area contributed by atoms with Crippen LogP contribution in [0.1, 0.15) is 39.0 Å². The number of nitrogens with one attached hydrogen (secondary N) is 2. The van der Waals surface area contributed by atoms with Gasteiger partial charge in [-0.1, -0.05) is 30.3 Å². The number of amides is 1. The van der Waals surface area contributed by atoms with E-state index in [2.05, 4.69) is 32.8 Å². The predicted octanol–water partition coefficient (Wildman–Crippen LogP) is 2.80. The molecule has 126 valence electrons. The van der Waals surface area contributed by atoms with E-state index in [1.54, 1.807) is 18.3 Å². The summed E-state index contributed by atoms with van der Waals surface area (Å²) in [7, 11) is 0. The van der Waals surface area contributed by atoms with Gasteiger partial charge in [-0.25, -0.2) is 4.98 Å². The van der Waals surface area contributed by atoms with Crippen LogP contribution in [0, 0.1) is 13.8 Å². The standard InChI is InChI=1S/C19H19N5O/c1-12-16(13(2)24(23-12)11-14-7-4-3-5-8-14)18-21-17-15(19(25)22-18)9-6-10-20-17/h3-10,18H,11H2,1-2H3,(H,20,21)(H,22,25)/t18-/m1/s1. The van der Waals surface area contributed by atoms with Crippen LogP contribution in [0.5, 0.6) is 0 Å². The molecule has 3 heterocycles. The van der Waals surface area contributed by atoms with Crippen molar-refractivity contribution in [2.75, 3.05) is 5.32 Å². The molecule has 0 fully saturated rings. The van der Waals surface area contributed by atoms with Gasteiger partial charge in [-0.05, 0) is 31.5 Å². The van der Waals surface area contributed by atoms with E-state index in [9.17, 15) is 4.79 Å². The maximum Gasteiger partial charge on any atom is 0.256 e. The average molecular weight is 333 g/mol. The highest BCUT2D eigenvalue weighted by Crippen LogP contribution is 2.28. The van der Waals surface area contributed by atoms with Crippen molar-refractivity contribution in [1.82, 2.24) is 20.1 Å². The first-order valence-corrected chi connectivity index (χ1v) is 8.23. The molecule has 1 amide bonds. The molecule has 0 spiro atoms. The minimum absolute atomic E-state index is 0.124. The maximum absolute atomic E-state index is 12.4. The average Bonchev–Trinajstić information content (AvgIpc) is 2.89. The summed E-state index contributed by atoms with van der Waals surface area (Å²) >= 11 is 0. The third-order valence-electron chi connectivity index (χ3n) is 4.51. The van der Waals surface area contributed by atoms with Crippen molar-refractivity contribution in [2.45, 2.75) is 26.6 Å². The van der Waals surface area contributed by atoms with Gasteiger partial charge in [0, 0.05) is 17.5 Å². The van der Waals surface area contributed by atoms with Crippen molar-refractivity contribution in [1.29, 1.82) is 0 Å². The van der Waals surface area contributed by atoms with Crippen LogP contribution in [0.3, 0.4) is 0 Å². The zero-order chi connectivity index (χ0) is 17.4. The molecule has 1 aliphatic heterocycles. The van der Waals surface area contributed by atoms with E-state index < -0.39 is 0 Å². The SMILES string of the molecule is Cc1nn(Cc2ccccc2)c(C)c1[C@H]1NC(=O)c2cccnc2N1. The summed E-state index contributed by atoms with van der Waals surface area (Å²) in [4.78, 5) is 16.7. The number of nitrogens with zero attached hydrogens (tertiary/aromatic N) is 3. The van der Waals surface area contributed by atoms with Crippen molar-refractivity contribution in [3.63, 3.8) is 0 Å². The third-order valence-corrected chi connectivity index (χ3v) is 4.51. The molecule has 1 aromatic carbocycles. The van der Waals surface area contributed by atoms with Crippen LogP contribution >= 0.6 is 0 Å². The Morgan fingerprint density at radius 1 is 1.08 bits per heavy atom. The zero-order valence-corrected chi connectivity index (χ0v) is 14.2. The Balaban J connectivity index is 1.67. The molecule has 2 N–H and O–H groups in total. The molecule has 6 nitrogen and oxygen atoms in total. The summed E-state index contributed by atoms with van der Waals surface area (Å²) < 4.78 is 1.97. The Morgan fingerprint density at radius 3 is 2.68 bits per heavy atom. The van der Waals surface area contributed by atoms with Gasteiger partial charge in [-0.2, -0.15) is 5.10 Å². The van der Waals surface area contributed by atoms with Crippen molar-refractivity contribution in [2.24, 2.45) is 0 Å². The summed E-state index contributed by atoms with van der Waals surface area (Å²) in [5.41, 5.74) is 4.66. The van der Waals surface area contributed by atoms with Crippen LogP contribution in [0.25, 0.3) is 0 Å². The van der Waals surface area contributed by atoms with Gasteiger partial charge in [0.05, 0.1) is 17.8 Å². The molecule has 4 rings (SSSR count). The first-order chi connectivity index (χ1) is 12.1. The van der Waals surface area contributed by atoms with Gasteiger partial charge in [-0.15, -0.1) is 0 Å². The van der Waals surface area contributed by atoms with Gasteiger partial charge in [0.1, 0.15) is 12.0 Å². The highest BCUT2D eigenvalue weighted by molar-refractivity contribution is 6.00. The summed E-state index contributed by atoms with van der Waals surface area (Å²) in [5.74, 6) is 0.479. The number of aromatic nitrogens is 3. The van der Waals surface area contributed by atoms with Crippen molar-refractivity contribution >= 4 is 11.7 Å². The molecule has 25 heavy (non-hydrogen) atoms. The molecule has 6 heteroatoms. The second kappa shape index (κ2) is 6.05. The van der Waals surface area contributed by atoms with E-state index in [1.165, 1.54) is 5.56 Å². The fraction of sp³-hybridized carbons (Fsp3) is 0.211. The van der Waals surface area contributed by atoms with Gasteiger partial charge in [-0.3, -0.25) is 9.48 Å². The Labute approximate surface area is 145 Å². The summed E-state index contributed by atoms with van der Waals surface area (Å²) in [6.45, 7) is 4.69. The molecule has 2 aromatic heterocycles. The van der Waals surface area contributed by atoms with Crippen LogP contribution < -0.4 is 10.6 Å². The van der Waals surface area contributed by atoms with Gasteiger partial charge in [0.25, 0.3) is 5.91 Å². The van der Waals surface area contributed by atoms with Crippen LogP contribution in [0.4, 0.5) is 5.82 Å². The quantitative estimate of drug-likeness (QED) is 0.773. The van der Waals surface area contributed by atoms with Crippen LogP contribution in [-0.4, -0.2) is 20.7 Å².